The summed E-state index contributed by atoms with van der Waals surface area (Å²) in [6, 6.07) is 7.81. The quantitative estimate of drug-likeness (QED) is 0.489. The van der Waals surface area contributed by atoms with E-state index in [-0.39, 0.29) is 5.41 Å². The summed E-state index contributed by atoms with van der Waals surface area (Å²) in [4.78, 5) is 4.40. The first-order chi connectivity index (χ1) is 9.50. The topological polar surface area (TPSA) is 75.8 Å². The van der Waals surface area contributed by atoms with Crippen molar-refractivity contribution in [2.75, 3.05) is 11.5 Å². The van der Waals surface area contributed by atoms with Gasteiger partial charge in [0.2, 0.25) is 0 Å². The lowest BCUT2D eigenvalue weighted by Gasteiger charge is -2.13. The lowest BCUT2D eigenvalue weighted by atomic mass is 9.89. The minimum absolute atomic E-state index is 0.222. The molecule has 0 aliphatic heterocycles. The van der Waals surface area contributed by atoms with E-state index in [1.807, 2.05) is 26.0 Å². The number of rotatable bonds is 6. The van der Waals surface area contributed by atoms with Gasteiger partial charge < -0.3 is 10.2 Å². The SMILES string of the molecule is CC(C)(C#N)CCCCSc1nc2ccc(N)cc2o1. The third-order valence-electron chi connectivity index (χ3n) is 3.12. The highest BCUT2D eigenvalue weighted by atomic mass is 32.2. The van der Waals surface area contributed by atoms with Crippen LogP contribution in [0.1, 0.15) is 33.1 Å². The van der Waals surface area contributed by atoms with E-state index >= 15 is 0 Å². The van der Waals surface area contributed by atoms with Crippen LogP contribution in [-0.4, -0.2) is 10.7 Å². The summed E-state index contributed by atoms with van der Waals surface area (Å²) in [5.74, 6) is 0.948. The van der Waals surface area contributed by atoms with Gasteiger partial charge in [-0.15, -0.1) is 0 Å². The first kappa shape index (κ1) is 14.7. The minimum atomic E-state index is -0.222. The van der Waals surface area contributed by atoms with Crippen LogP contribution in [-0.2, 0) is 0 Å². The summed E-state index contributed by atoms with van der Waals surface area (Å²) in [6.07, 6.45) is 3.02. The summed E-state index contributed by atoms with van der Waals surface area (Å²) in [6.45, 7) is 3.96. The average molecular weight is 289 g/mol. The number of aromatic nitrogens is 1. The van der Waals surface area contributed by atoms with E-state index in [1.165, 1.54) is 0 Å². The molecule has 0 aliphatic carbocycles. The predicted octanol–water partition coefficient (Wildman–Crippen LogP) is 4.22. The van der Waals surface area contributed by atoms with E-state index in [9.17, 15) is 0 Å². The van der Waals surface area contributed by atoms with Crippen LogP contribution in [0.5, 0.6) is 0 Å². The summed E-state index contributed by atoms with van der Waals surface area (Å²) in [7, 11) is 0. The summed E-state index contributed by atoms with van der Waals surface area (Å²) < 4.78 is 5.64. The van der Waals surface area contributed by atoms with Crippen molar-refractivity contribution in [2.45, 2.75) is 38.3 Å². The molecule has 0 amide bonds. The molecule has 0 atom stereocenters. The van der Waals surface area contributed by atoms with Gasteiger partial charge in [-0.25, -0.2) is 4.98 Å². The number of fused-ring (bicyclic) bond motifs is 1. The molecular formula is C15H19N3OS. The van der Waals surface area contributed by atoms with Gasteiger partial charge in [0.1, 0.15) is 5.52 Å². The van der Waals surface area contributed by atoms with Gasteiger partial charge in [-0.05, 0) is 38.8 Å². The molecule has 1 aromatic heterocycles. The number of nitrogen functional groups attached to an aromatic ring is 1. The Morgan fingerprint density at radius 2 is 2.20 bits per heavy atom. The molecule has 0 aliphatic rings. The molecule has 4 nitrogen and oxygen atoms in total. The second-order valence-corrected chi connectivity index (χ2v) is 6.55. The van der Waals surface area contributed by atoms with Crippen LogP contribution in [0.15, 0.2) is 27.8 Å². The Balaban J connectivity index is 1.80. The minimum Gasteiger partial charge on any atom is -0.431 e. The number of nitrogens with two attached hydrogens (primary N) is 1. The number of benzene rings is 1. The molecule has 1 aromatic carbocycles. The van der Waals surface area contributed by atoms with Crippen LogP contribution in [0, 0.1) is 16.7 Å². The number of oxazole rings is 1. The number of nitriles is 1. The Bertz CT molecular complexity index is 628. The molecule has 0 fully saturated rings. The number of hydrogen-bond acceptors (Lipinski definition) is 5. The number of nitrogens with zero attached hydrogens (tertiary/aromatic N) is 2. The first-order valence-electron chi connectivity index (χ1n) is 6.70. The largest absolute Gasteiger partial charge is 0.431 e. The molecule has 0 saturated carbocycles. The monoisotopic (exact) mass is 289 g/mol. The van der Waals surface area contributed by atoms with Crippen LogP contribution in [0.2, 0.25) is 0 Å². The van der Waals surface area contributed by atoms with Crippen molar-refractivity contribution < 1.29 is 4.42 Å². The molecule has 0 bridgehead atoms. The molecule has 2 aromatic rings. The van der Waals surface area contributed by atoms with Crippen LogP contribution in [0.4, 0.5) is 5.69 Å². The van der Waals surface area contributed by atoms with Crippen molar-refractivity contribution in [1.29, 1.82) is 5.26 Å². The fourth-order valence-electron chi connectivity index (χ4n) is 1.87. The standard InChI is InChI=1S/C15H19N3OS/c1-15(2,10-16)7-3-4-8-20-14-18-12-6-5-11(17)9-13(12)19-14/h5-6,9H,3-4,7-8,17H2,1-2H3. The Hall–Kier alpha value is -1.67. The Morgan fingerprint density at radius 1 is 1.40 bits per heavy atom. The number of unbranched alkanes of at least 4 members (excludes halogenated alkanes) is 1. The highest BCUT2D eigenvalue weighted by Crippen LogP contribution is 2.27. The van der Waals surface area contributed by atoms with Crippen LogP contribution in [0.3, 0.4) is 0 Å². The smallest absolute Gasteiger partial charge is 0.256 e. The van der Waals surface area contributed by atoms with Crippen LogP contribution in [0.25, 0.3) is 11.1 Å². The Morgan fingerprint density at radius 3 is 2.95 bits per heavy atom. The summed E-state index contributed by atoms with van der Waals surface area (Å²) in [5.41, 5.74) is 7.74. The van der Waals surface area contributed by atoms with Crippen molar-refractivity contribution >= 4 is 28.5 Å². The zero-order chi connectivity index (χ0) is 14.6. The van der Waals surface area contributed by atoms with Gasteiger partial charge in [0.15, 0.2) is 5.58 Å². The van der Waals surface area contributed by atoms with Crippen molar-refractivity contribution in [3.63, 3.8) is 0 Å². The van der Waals surface area contributed by atoms with Crippen LogP contribution < -0.4 is 5.73 Å². The number of hydrogen-bond donors (Lipinski definition) is 1. The maximum Gasteiger partial charge on any atom is 0.256 e. The molecule has 0 radical (unpaired) electrons. The molecule has 5 heteroatoms. The Kier molecular flexibility index (Phi) is 4.56. The molecule has 0 spiro atoms. The zero-order valence-corrected chi connectivity index (χ0v) is 12.7. The van der Waals surface area contributed by atoms with Gasteiger partial charge in [0.05, 0.1) is 11.5 Å². The maximum absolute atomic E-state index is 8.94. The van der Waals surface area contributed by atoms with E-state index in [4.69, 9.17) is 15.4 Å². The summed E-state index contributed by atoms with van der Waals surface area (Å²) in [5, 5.41) is 9.63. The second kappa shape index (κ2) is 6.19. The van der Waals surface area contributed by atoms with Gasteiger partial charge in [-0.2, -0.15) is 5.26 Å². The molecule has 0 saturated heterocycles. The summed E-state index contributed by atoms with van der Waals surface area (Å²) >= 11 is 1.61. The van der Waals surface area contributed by atoms with E-state index < -0.39 is 0 Å². The van der Waals surface area contributed by atoms with Crippen molar-refractivity contribution in [3.05, 3.63) is 18.2 Å². The highest BCUT2D eigenvalue weighted by molar-refractivity contribution is 7.99. The van der Waals surface area contributed by atoms with E-state index in [0.29, 0.717) is 10.9 Å². The lowest BCUT2D eigenvalue weighted by molar-refractivity contribution is 0.432. The molecule has 106 valence electrons. The lowest BCUT2D eigenvalue weighted by Crippen LogP contribution is -2.07. The average Bonchev–Trinajstić information content (AvgIpc) is 2.80. The van der Waals surface area contributed by atoms with E-state index in [2.05, 4.69) is 11.1 Å². The third-order valence-corrected chi connectivity index (χ3v) is 4.03. The molecule has 20 heavy (non-hydrogen) atoms. The fourth-order valence-corrected chi connectivity index (χ4v) is 2.70. The maximum atomic E-state index is 8.94. The second-order valence-electron chi connectivity index (χ2n) is 5.51. The fraction of sp³-hybridized carbons (Fsp3) is 0.467. The number of anilines is 1. The van der Waals surface area contributed by atoms with Crippen molar-refractivity contribution in [3.8, 4) is 6.07 Å². The molecule has 1 heterocycles. The van der Waals surface area contributed by atoms with E-state index in [1.54, 1.807) is 17.8 Å². The molecule has 2 rings (SSSR count). The predicted molar refractivity (Wildman–Crippen MR) is 82.4 cm³/mol. The number of thioether (sulfide) groups is 1. The van der Waals surface area contributed by atoms with E-state index in [0.717, 1.165) is 36.1 Å². The molecule has 2 N–H and O–H groups in total. The van der Waals surface area contributed by atoms with Gasteiger partial charge in [-0.3, -0.25) is 0 Å². The Labute approximate surface area is 123 Å². The normalized spacial score (nSPS) is 11.7. The van der Waals surface area contributed by atoms with Gasteiger partial charge in [-0.1, -0.05) is 18.2 Å². The molecular weight excluding hydrogens is 270 g/mol. The van der Waals surface area contributed by atoms with Crippen LogP contribution >= 0.6 is 11.8 Å². The van der Waals surface area contributed by atoms with Crippen molar-refractivity contribution in [1.82, 2.24) is 4.98 Å². The highest BCUT2D eigenvalue weighted by Gasteiger charge is 2.15. The zero-order valence-electron chi connectivity index (χ0n) is 11.8. The van der Waals surface area contributed by atoms with Gasteiger partial charge in [0.25, 0.3) is 5.22 Å². The van der Waals surface area contributed by atoms with Gasteiger partial charge >= 0.3 is 0 Å². The molecule has 0 unspecified atom stereocenters. The third kappa shape index (κ3) is 3.91. The first-order valence-corrected chi connectivity index (χ1v) is 7.69. The van der Waals surface area contributed by atoms with Crippen molar-refractivity contribution in [2.24, 2.45) is 5.41 Å². The van der Waals surface area contributed by atoms with Gasteiger partial charge in [0, 0.05) is 17.5 Å².